The predicted molar refractivity (Wildman–Crippen MR) is 75.2 cm³/mol. The summed E-state index contributed by atoms with van der Waals surface area (Å²) in [7, 11) is 2.11. The molecule has 1 aliphatic carbocycles. The lowest BCUT2D eigenvalue weighted by atomic mass is 9.86. The van der Waals surface area contributed by atoms with Gasteiger partial charge in [-0.3, -0.25) is 0 Å². The van der Waals surface area contributed by atoms with Crippen molar-refractivity contribution in [3.63, 3.8) is 0 Å². The Balaban J connectivity index is 1.62. The number of morpholine rings is 1. The lowest BCUT2D eigenvalue weighted by Gasteiger charge is -2.32. The first-order valence-electron chi connectivity index (χ1n) is 6.08. The first-order valence-corrected chi connectivity index (χ1v) is 7.05. The lowest BCUT2D eigenvalue weighted by Crippen LogP contribution is -2.45. The minimum atomic E-state index is 0.215. The van der Waals surface area contributed by atoms with Crippen LogP contribution >= 0.6 is 22.9 Å². The minimum absolute atomic E-state index is 0.215. The highest BCUT2D eigenvalue weighted by Gasteiger charge is 2.23. The van der Waals surface area contributed by atoms with Gasteiger partial charge in [0, 0.05) is 42.0 Å². The summed E-state index contributed by atoms with van der Waals surface area (Å²) < 4.78 is 13.6. The van der Waals surface area contributed by atoms with Gasteiger partial charge in [0.1, 0.15) is 20.6 Å². The number of hydrogen-bond donors (Lipinski definition) is 0. The van der Waals surface area contributed by atoms with Crippen molar-refractivity contribution in [2.24, 2.45) is 5.92 Å². The molecule has 2 aliphatic rings. The minimum Gasteiger partial charge on any atom is -0.499 e. The van der Waals surface area contributed by atoms with E-state index in [0.717, 1.165) is 19.0 Å². The molecule has 90 valence electrons. The van der Waals surface area contributed by atoms with E-state index in [2.05, 4.69) is 39.9 Å². The summed E-state index contributed by atoms with van der Waals surface area (Å²) in [5.74, 6) is 0.771. The topological polar surface area (TPSA) is 21.7 Å². The molecule has 0 bridgehead atoms. The Bertz CT molecular complexity index is 238. The van der Waals surface area contributed by atoms with Crippen LogP contribution in [0.2, 0.25) is 0 Å². The third-order valence-corrected chi connectivity index (χ3v) is 3.95. The van der Waals surface area contributed by atoms with E-state index < -0.39 is 0 Å². The molecular weight excluding hydrogens is 316 g/mol. The molecule has 0 aromatic rings. The molecule has 0 aromatic carbocycles. The fourth-order valence-corrected chi connectivity index (χ4v) is 3.04. The maximum atomic E-state index is 5.80. The number of hydrogen-bond acceptors (Lipinski definition) is 3. The summed E-state index contributed by atoms with van der Waals surface area (Å²) in [5.41, 5.74) is 0. The number of nitrogens with zero attached hydrogens (tertiary/aromatic N) is 1. The van der Waals surface area contributed by atoms with E-state index in [4.69, 9.17) is 9.47 Å². The third kappa shape index (κ3) is 3.93. The Morgan fingerprint density at radius 1 is 1.44 bits per heavy atom. The fraction of sp³-hybridized carbons (Fsp3) is 0.818. The number of ether oxygens (including phenoxy) is 2. The SMILES string of the molecule is BC1CN(I)CC(COC=CC2CCC2)O1. The number of rotatable bonds is 4. The zero-order valence-corrected chi connectivity index (χ0v) is 11.9. The van der Waals surface area contributed by atoms with Crippen molar-refractivity contribution in [2.75, 3.05) is 19.7 Å². The van der Waals surface area contributed by atoms with Crippen molar-refractivity contribution < 1.29 is 9.47 Å². The molecule has 1 saturated carbocycles. The van der Waals surface area contributed by atoms with Crippen LogP contribution in [-0.2, 0) is 9.47 Å². The highest BCUT2D eigenvalue weighted by molar-refractivity contribution is 14.1. The average molecular weight is 335 g/mol. The van der Waals surface area contributed by atoms with Crippen molar-refractivity contribution in [1.29, 1.82) is 0 Å². The normalized spacial score (nSPS) is 32.8. The van der Waals surface area contributed by atoms with Crippen LogP contribution in [0.4, 0.5) is 0 Å². The van der Waals surface area contributed by atoms with E-state index in [1.54, 1.807) is 0 Å². The van der Waals surface area contributed by atoms with Gasteiger partial charge >= 0.3 is 0 Å². The van der Waals surface area contributed by atoms with E-state index in [9.17, 15) is 0 Å². The Hall–Kier alpha value is 0.255. The maximum absolute atomic E-state index is 5.80. The monoisotopic (exact) mass is 335 g/mol. The second-order valence-electron chi connectivity index (χ2n) is 4.75. The summed E-state index contributed by atoms with van der Waals surface area (Å²) in [4.78, 5) is 0. The zero-order chi connectivity index (χ0) is 11.4. The van der Waals surface area contributed by atoms with Crippen molar-refractivity contribution in [1.82, 2.24) is 3.11 Å². The molecule has 5 heteroatoms. The molecule has 2 unspecified atom stereocenters. The van der Waals surface area contributed by atoms with Gasteiger partial charge in [-0.1, -0.05) is 6.42 Å². The fourth-order valence-electron chi connectivity index (χ4n) is 2.04. The first-order chi connectivity index (χ1) is 7.74. The Kier molecular flexibility index (Phi) is 4.97. The summed E-state index contributed by atoms with van der Waals surface area (Å²) >= 11 is 2.35. The standard InChI is InChI=1S/C11H19BINO2/c12-11-7-14(13)6-10(16-11)8-15-5-4-9-2-1-3-9/h4-5,9-11H,1-3,6-8,12H2. The van der Waals surface area contributed by atoms with Gasteiger partial charge in [0.25, 0.3) is 0 Å². The van der Waals surface area contributed by atoms with E-state index >= 15 is 0 Å². The van der Waals surface area contributed by atoms with Crippen LogP contribution in [0.5, 0.6) is 0 Å². The average Bonchev–Trinajstić information content (AvgIpc) is 2.13. The van der Waals surface area contributed by atoms with Crippen LogP contribution in [0.3, 0.4) is 0 Å². The zero-order valence-electron chi connectivity index (χ0n) is 9.77. The van der Waals surface area contributed by atoms with E-state index in [0.29, 0.717) is 12.6 Å². The van der Waals surface area contributed by atoms with E-state index in [1.165, 1.54) is 19.3 Å². The molecule has 16 heavy (non-hydrogen) atoms. The molecule has 2 rings (SSSR count). The quantitative estimate of drug-likeness (QED) is 0.335. The Morgan fingerprint density at radius 3 is 2.88 bits per heavy atom. The van der Waals surface area contributed by atoms with Crippen molar-refractivity contribution in [3.05, 3.63) is 12.3 Å². The predicted octanol–water partition coefficient (Wildman–Crippen LogP) is 1.33. The van der Waals surface area contributed by atoms with Gasteiger partial charge in [-0.15, -0.1) is 0 Å². The molecule has 3 nitrogen and oxygen atoms in total. The molecule has 1 heterocycles. The molecule has 2 atom stereocenters. The molecule has 0 radical (unpaired) electrons. The molecule has 1 aliphatic heterocycles. The Labute approximate surface area is 112 Å². The van der Waals surface area contributed by atoms with Gasteiger partial charge in [-0.25, -0.2) is 3.11 Å². The highest BCUT2D eigenvalue weighted by Crippen LogP contribution is 2.27. The lowest BCUT2D eigenvalue weighted by molar-refractivity contribution is -0.0462. The highest BCUT2D eigenvalue weighted by atomic mass is 127. The molecular formula is C11H19BINO2. The smallest absolute Gasteiger partial charge is 0.140 e. The van der Waals surface area contributed by atoms with Crippen molar-refractivity contribution in [3.8, 4) is 0 Å². The number of halogens is 1. The molecule has 1 saturated heterocycles. The van der Waals surface area contributed by atoms with E-state index in [-0.39, 0.29) is 6.10 Å². The molecule has 0 N–H and O–H groups in total. The maximum Gasteiger partial charge on any atom is 0.140 e. The van der Waals surface area contributed by atoms with E-state index in [1.807, 2.05) is 6.26 Å². The third-order valence-electron chi connectivity index (χ3n) is 3.16. The largest absolute Gasteiger partial charge is 0.499 e. The van der Waals surface area contributed by atoms with Crippen LogP contribution < -0.4 is 0 Å². The van der Waals surface area contributed by atoms with Gasteiger partial charge < -0.3 is 9.47 Å². The summed E-state index contributed by atoms with van der Waals surface area (Å²) in [6.45, 7) is 2.64. The summed E-state index contributed by atoms with van der Waals surface area (Å²) in [6.07, 6.45) is 8.31. The van der Waals surface area contributed by atoms with Gasteiger partial charge in [0.2, 0.25) is 0 Å². The molecule has 0 amide bonds. The second-order valence-corrected chi connectivity index (χ2v) is 6.11. The van der Waals surface area contributed by atoms with Crippen LogP contribution in [0.15, 0.2) is 12.3 Å². The van der Waals surface area contributed by atoms with Crippen molar-refractivity contribution >= 4 is 30.7 Å². The molecule has 0 spiro atoms. The number of allylic oxidation sites excluding steroid dienone is 1. The van der Waals surface area contributed by atoms with Gasteiger partial charge in [-0.2, -0.15) is 0 Å². The van der Waals surface area contributed by atoms with Gasteiger partial charge in [0.15, 0.2) is 0 Å². The Morgan fingerprint density at radius 2 is 2.25 bits per heavy atom. The molecule has 2 fully saturated rings. The summed E-state index contributed by atoms with van der Waals surface area (Å²) in [6, 6.07) is 0.315. The summed E-state index contributed by atoms with van der Waals surface area (Å²) in [5, 5.41) is 0. The molecule has 0 aromatic heterocycles. The van der Waals surface area contributed by atoms with Crippen LogP contribution in [-0.4, -0.2) is 42.8 Å². The second kappa shape index (κ2) is 6.26. The van der Waals surface area contributed by atoms with Crippen LogP contribution in [0.25, 0.3) is 0 Å². The van der Waals surface area contributed by atoms with Crippen LogP contribution in [0, 0.1) is 5.92 Å². The van der Waals surface area contributed by atoms with Crippen molar-refractivity contribution in [2.45, 2.75) is 31.4 Å². The van der Waals surface area contributed by atoms with Crippen LogP contribution in [0.1, 0.15) is 19.3 Å². The first kappa shape index (κ1) is 12.7. The van der Waals surface area contributed by atoms with Gasteiger partial charge in [0.05, 0.1) is 6.26 Å². The van der Waals surface area contributed by atoms with Gasteiger partial charge in [-0.05, 0) is 24.8 Å².